The Morgan fingerprint density at radius 1 is 1.17 bits per heavy atom. The van der Waals surface area contributed by atoms with Crippen LogP contribution in [0.2, 0.25) is 0 Å². The van der Waals surface area contributed by atoms with E-state index in [1.165, 1.54) is 30.3 Å². The highest BCUT2D eigenvalue weighted by Crippen LogP contribution is 2.50. The third-order valence-corrected chi connectivity index (χ3v) is 5.20. The van der Waals surface area contributed by atoms with Crippen molar-refractivity contribution >= 4 is 18.0 Å². The molecule has 152 valence electrons. The molecule has 2 atom stereocenters. The van der Waals surface area contributed by atoms with Crippen LogP contribution in [0, 0.1) is 11.7 Å². The van der Waals surface area contributed by atoms with Crippen LogP contribution in [0.15, 0.2) is 42.5 Å². The second-order valence-corrected chi connectivity index (χ2v) is 7.18. The second-order valence-electron chi connectivity index (χ2n) is 7.18. The summed E-state index contributed by atoms with van der Waals surface area (Å²) in [4.78, 5) is 37.9. The number of aldehydes is 1. The molecule has 3 rings (SSSR count). The molecule has 0 aromatic heterocycles. The molecule has 1 aliphatic rings. The van der Waals surface area contributed by atoms with Crippen LogP contribution < -0.4 is 9.47 Å². The molecule has 7 heteroatoms. The number of benzene rings is 2. The topological polar surface area (TPSA) is 89.9 Å². The molecular formula is C22H21FO6. The molecule has 0 bridgehead atoms. The van der Waals surface area contributed by atoms with E-state index in [1.807, 2.05) is 0 Å². The minimum absolute atomic E-state index is 0.104. The lowest BCUT2D eigenvalue weighted by molar-refractivity contribution is -0.151. The van der Waals surface area contributed by atoms with Crippen molar-refractivity contribution in [3.05, 3.63) is 59.4 Å². The highest BCUT2D eigenvalue weighted by atomic mass is 19.1. The fourth-order valence-corrected chi connectivity index (χ4v) is 3.91. The number of fused-ring (bicyclic) bond motifs is 1. The Morgan fingerprint density at radius 2 is 1.86 bits per heavy atom. The number of ether oxygens (including phenoxy) is 2. The number of para-hydroxylation sites is 1. The zero-order valence-electron chi connectivity index (χ0n) is 16.1. The molecule has 6 nitrogen and oxygen atoms in total. The predicted octanol–water partition coefficient (Wildman–Crippen LogP) is 3.47. The Morgan fingerprint density at radius 3 is 2.45 bits per heavy atom. The van der Waals surface area contributed by atoms with Crippen molar-refractivity contribution in [3.63, 3.8) is 0 Å². The molecular weight excluding hydrogens is 379 g/mol. The summed E-state index contributed by atoms with van der Waals surface area (Å²) in [5.74, 6) is -3.72. The minimum atomic E-state index is -2.12. The van der Waals surface area contributed by atoms with Crippen LogP contribution in [-0.2, 0) is 19.8 Å². The monoisotopic (exact) mass is 400 g/mol. The summed E-state index contributed by atoms with van der Waals surface area (Å²) in [7, 11) is 0. The van der Waals surface area contributed by atoms with Gasteiger partial charge in [-0.3, -0.25) is 9.59 Å². The first-order valence-corrected chi connectivity index (χ1v) is 9.19. The number of rotatable bonds is 8. The van der Waals surface area contributed by atoms with E-state index in [0.29, 0.717) is 17.6 Å². The van der Waals surface area contributed by atoms with E-state index < -0.39 is 34.8 Å². The molecule has 0 fully saturated rings. The van der Waals surface area contributed by atoms with Crippen LogP contribution in [0.4, 0.5) is 4.39 Å². The molecule has 29 heavy (non-hydrogen) atoms. The standard InChI is InChI=1S/C22H21FO6/c1-13(2)20(25)22(21(26)27,17-4-3-5-18-19(17)29-12-28-18)16(10-11-24)14-6-8-15(23)9-7-14/h3-9,11,13,16H,10,12H2,1-2H3,(H,26,27). The molecule has 0 radical (unpaired) electrons. The van der Waals surface area contributed by atoms with Crippen LogP contribution in [0.5, 0.6) is 11.5 Å². The van der Waals surface area contributed by atoms with Gasteiger partial charge in [0.25, 0.3) is 0 Å². The van der Waals surface area contributed by atoms with Gasteiger partial charge in [0, 0.05) is 23.8 Å². The third-order valence-electron chi connectivity index (χ3n) is 5.20. The number of carboxylic acids is 1. The fraction of sp³-hybridized carbons (Fsp3) is 0.318. The van der Waals surface area contributed by atoms with Gasteiger partial charge in [-0.2, -0.15) is 0 Å². The number of carboxylic acid groups (broad SMARTS) is 1. The lowest BCUT2D eigenvalue weighted by atomic mass is 9.61. The Bertz CT molecular complexity index is 937. The summed E-state index contributed by atoms with van der Waals surface area (Å²) in [6.45, 7) is 3.10. The number of hydrogen-bond donors (Lipinski definition) is 1. The van der Waals surface area contributed by atoms with Crippen molar-refractivity contribution in [2.75, 3.05) is 6.79 Å². The molecule has 0 aliphatic carbocycles. The van der Waals surface area contributed by atoms with Crippen molar-refractivity contribution in [3.8, 4) is 11.5 Å². The molecule has 1 aliphatic heterocycles. The van der Waals surface area contributed by atoms with Gasteiger partial charge >= 0.3 is 5.97 Å². The molecule has 0 saturated heterocycles. The highest BCUT2D eigenvalue weighted by molar-refractivity contribution is 6.12. The van der Waals surface area contributed by atoms with Gasteiger partial charge in [0.2, 0.25) is 6.79 Å². The Hall–Kier alpha value is -3.22. The first kappa shape index (κ1) is 20.5. The lowest BCUT2D eigenvalue weighted by Crippen LogP contribution is -2.51. The quantitative estimate of drug-likeness (QED) is 0.539. The molecule has 0 amide bonds. The predicted molar refractivity (Wildman–Crippen MR) is 102 cm³/mol. The van der Waals surface area contributed by atoms with E-state index in [-0.39, 0.29) is 24.5 Å². The Balaban J connectivity index is 2.36. The van der Waals surface area contributed by atoms with Crippen molar-refractivity contribution in [2.45, 2.75) is 31.6 Å². The van der Waals surface area contributed by atoms with Crippen LogP contribution >= 0.6 is 0 Å². The van der Waals surface area contributed by atoms with E-state index in [1.54, 1.807) is 26.0 Å². The van der Waals surface area contributed by atoms with E-state index >= 15 is 0 Å². The lowest BCUT2D eigenvalue weighted by Gasteiger charge is -2.37. The maximum absolute atomic E-state index is 13.5. The van der Waals surface area contributed by atoms with Gasteiger partial charge in [0.1, 0.15) is 12.1 Å². The molecule has 1 heterocycles. The van der Waals surface area contributed by atoms with Crippen LogP contribution in [-0.4, -0.2) is 29.9 Å². The number of carbonyl (C=O) groups is 3. The Labute approximate surface area is 167 Å². The summed E-state index contributed by atoms with van der Waals surface area (Å²) in [6, 6.07) is 9.85. The van der Waals surface area contributed by atoms with E-state index in [0.717, 1.165) is 0 Å². The van der Waals surface area contributed by atoms with E-state index in [2.05, 4.69) is 0 Å². The summed E-state index contributed by atoms with van der Waals surface area (Å²) in [5, 5.41) is 10.4. The highest BCUT2D eigenvalue weighted by Gasteiger charge is 2.56. The molecule has 2 unspecified atom stereocenters. The zero-order chi connectivity index (χ0) is 21.2. The normalized spacial score (nSPS) is 15.6. The number of ketones is 1. The van der Waals surface area contributed by atoms with Gasteiger partial charge in [0.05, 0.1) is 0 Å². The summed E-state index contributed by atoms with van der Waals surface area (Å²) in [6.07, 6.45) is 0.320. The molecule has 1 N–H and O–H groups in total. The van der Waals surface area contributed by atoms with Gasteiger partial charge in [-0.15, -0.1) is 0 Å². The van der Waals surface area contributed by atoms with Gasteiger partial charge in [-0.05, 0) is 23.8 Å². The van der Waals surface area contributed by atoms with E-state index in [4.69, 9.17) is 9.47 Å². The Kier molecular flexibility index (Phi) is 5.68. The largest absolute Gasteiger partial charge is 0.480 e. The van der Waals surface area contributed by atoms with Gasteiger partial charge in [0.15, 0.2) is 22.7 Å². The second kappa shape index (κ2) is 8.03. The molecule has 2 aromatic rings. The van der Waals surface area contributed by atoms with Crippen molar-refractivity contribution in [2.24, 2.45) is 5.92 Å². The maximum Gasteiger partial charge on any atom is 0.322 e. The number of carbonyl (C=O) groups excluding carboxylic acids is 2. The average molecular weight is 400 g/mol. The maximum atomic E-state index is 13.5. The first-order valence-electron chi connectivity index (χ1n) is 9.19. The number of halogens is 1. The van der Waals surface area contributed by atoms with Crippen LogP contribution in [0.25, 0.3) is 0 Å². The van der Waals surface area contributed by atoms with Gasteiger partial charge in [-0.1, -0.05) is 38.1 Å². The zero-order valence-corrected chi connectivity index (χ0v) is 16.1. The van der Waals surface area contributed by atoms with Crippen LogP contribution in [0.1, 0.15) is 37.3 Å². The minimum Gasteiger partial charge on any atom is -0.480 e. The fourth-order valence-electron chi connectivity index (χ4n) is 3.91. The average Bonchev–Trinajstić information content (AvgIpc) is 3.17. The van der Waals surface area contributed by atoms with Crippen molar-refractivity contribution in [1.82, 2.24) is 0 Å². The van der Waals surface area contributed by atoms with Gasteiger partial charge in [-0.25, -0.2) is 4.39 Å². The molecule has 2 aromatic carbocycles. The van der Waals surface area contributed by atoms with Gasteiger partial charge < -0.3 is 19.4 Å². The molecule has 0 saturated carbocycles. The summed E-state index contributed by atoms with van der Waals surface area (Å²) in [5.41, 5.74) is -1.63. The summed E-state index contributed by atoms with van der Waals surface area (Å²) < 4.78 is 24.4. The van der Waals surface area contributed by atoms with Crippen molar-refractivity contribution in [1.29, 1.82) is 0 Å². The number of hydrogen-bond acceptors (Lipinski definition) is 5. The first-order chi connectivity index (χ1) is 13.8. The van der Waals surface area contributed by atoms with Crippen molar-refractivity contribution < 1.29 is 33.4 Å². The van der Waals surface area contributed by atoms with E-state index in [9.17, 15) is 23.9 Å². The smallest absolute Gasteiger partial charge is 0.322 e. The third kappa shape index (κ3) is 3.37. The summed E-state index contributed by atoms with van der Waals surface area (Å²) >= 11 is 0. The van der Waals surface area contributed by atoms with Crippen LogP contribution in [0.3, 0.4) is 0 Å². The SMILES string of the molecule is CC(C)C(=O)C(C(=O)O)(c1cccc2c1OCO2)C(CC=O)c1ccc(F)cc1. The molecule has 0 spiro atoms. The number of aliphatic carboxylic acids is 1. The number of Topliss-reactive ketones (excluding diaryl/α,β-unsaturated/α-hetero) is 1.